The molecule has 0 saturated carbocycles. The van der Waals surface area contributed by atoms with Gasteiger partial charge in [0.2, 0.25) is 5.82 Å². The predicted molar refractivity (Wildman–Crippen MR) is 111 cm³/mol. The lowest BCUT2D eigenvalue weighted by molar-refractivity contribution is -0.0144. The number of hydrogen-bond donors (Lipinski definition) is 0. The molecule has 0 amide bonds. The Morgan fingerprint density at radius 3 is 1.87 bits per heavy atom. The maximum absolute atomic E-state index is 14.8. The van der Waals surface area contributed by atoms with E-state index in [1.807, 2.05) is 0 Å². The fourth-order valence-electron chi connectivity index (χ4n) is 3.91. The fraction of sp³-hybridized carbons (Fsp3) is 0.280. The first kappa shape index (κ1) is 21.4. The maximum atomic E-state index is 14.8. The molecule has 162 valence electrons. The lowest BCUT2D eigenvalue weighted by Crippen LogP contribution is -2.19. The topological polar surface area (TPSA) is 18.5 Å². The number of halogens is 4. The smallest absolute Gasteiger partial charge is 0.201 e. The third-order valence-corrected chi connectivity index (χ3v) is 5.74. The minimum atomic E-state index is -1.08. The summed E-state index contributed by atoms with van der Waals surface area (Å²) in [6.07, 6.45) is 1.10. The summed E-state index contributed by atoms with van der Waals surface area (Å²) in [5.74, 6) is -3.75. The minimum absolute atomic E-state index is 0.0514. The van der Waals surface area contributed by atoms with Crippen molar-refractivity contribution in [1.82, 2.24) is 0 Å². The molecule has 2 atom stereocenters. The van der Waals surface area contributed by atoms with Gasteiger partial charge in [-0.2, -0.15) is 4.39 Å². The van der Waals surface area contributed by atoms with E-state index in [0.29, 0.717) is 30.1 Å². The maximum Gasteiger partial charge on any atom is 0.201 e. The Kier molecular flexibility index (Phi) is 6.01. The average Bonchev–Trinajstić information content (AvgIpc) is 2.78. The van der Waals surface area contributed by atoms with Crippen LogP contribution in [0.2, 0.25) is 0 Å². The number of ether oxygens (including phenoxy) is 2. The summed E-state index contributed by atoms with van der Waals surface area (Å²) in [5, 5.41) is 0. The van der Waals surface area contributed by atoms with Crippen LogP contribution in [0.4, 0.5) is 17.6 Å². The Labute approximate surface area is 178 Å². The van der Waals surface area contributed by atoms with Crippen LogP contribution in [0.5, 0.6) is 5.75 Å². The molecule has 0 spiro atoms. The van der Waals surface area contributed by atoms with Gasteiger partial charge in [0.15, 0.2) is 23.2 Å². The van der Waals surface area contributed by atoms with Crippen molar-refractivity contribution < 1.29 is 27.0 Å². The van der Waals surface area contributed by atoms with Crippen molar-refractivity contribution in [2.24, 2.45) is 5.92 Å². The van der Waals surface area contributed by atoms with Crippen LogP contribution >= 0.6 is 0 Å². The summed E-state index contributed by atoms with van der Waals surface area (Å²) in [7, 11) is 1.26. The van der Waals surface area contributed by atoms with Crippen LogP contribution in [0, 0.1) is 29.2 Å². The summed E-state index contributed by atoms with van der Waals surface area (Å²) >= 11 is 0. The first-order valence-corrected chi connectivity index (χ1v) is 10.1. The van der Waals surface area contributed by atoms with E-state index in [-0.39, 0.29) is 22.4 Å². The van der Waals surface area contributed by atoms with Crippen LogP contribution in [-0.2, 0) is 4.74 Å². The average molecular weight is 430 g/mol. The number of rotatable bonds is 4. The van der Waals surface area contributed by atoms with E-state index in [9.17, 15) is 17.6 Å². The Bertz CT molecular complexity index is 1090. The lowest BCUT2D eigenvalue weighted by Gasteiger charge is -2.27. The zero-order valence-electron chi connectivity index (χ0n) is 17.2. The Balaban J connectivity index is 1.63. The molecule has 0 bridgehead atoms. The third kappa shape index (κ3) is 4.04. The first-order valence-electron chi connectivity index (χ1n) is 10.1. The molecule has 4 rings (SSSR count). The molecule has 1 saturated heterocycles. The van der Waals surface area contributed by atoms with E-state index in [4.69, 9.17) is 9.47 Å². The van der Waals surface area contributed by atoms with Gasteiger partial charge in [0.25, 0.3) is 0 Å². The highest BCUT2D eigenvalue weighted by Gasteiger charge is 2.26. The van der Waals surface area contributed by atoms with Crippen molar-refractivity contribution in [1.29, 1.82) is 0 Å². The summed E-state index contributed by atoms with van der Waals surface area (Å²) in [4.78, 5) is 0. The second kappa shape index (κ2) is 8.71. The van der Waals surface area contributed by atoms with Crippen molar-refractivity contribution in [2.45, 2.75) is 25.9 Å². The molecule has 0 radical (unpaired) electrons. The van der Waals surface area contributed by atoms with Gasteiger partial charge in [0, 0.05) is 23.3 Å². The quantitative estimate of drug-likeness (QED) is 0.412. The molecule has 1 aliphatic rings. The second-order valence-corrected chi connectivity index (χ2v) is 7.86. The van der Waals surface area contributed by atoms with E-state index < -0.39 is 29.4 Å². The molecular weight excluding hydrogens is 408 g/mol. The van der Waals surface area contributed by atoms with Crippen LogP contribution in [0.1, 0.15) is 31.4 Å². The van der Waals surface area contributed by atoms with Gasteiger partial charge in [-0.1, -0.05) is 43.3 Å². The van der Waals surface area contributed by atoms with Gasteiger partial charge in [-0.25, -0.2) is 13.2 Å². The Morgan fingerprint density at radius 2 is 1.32 bits per heavy atom. The summed E-state index contributed by atoms with van der Waals surface area (Å²) in [6.45, 7) is 2.59. The molecule has 0 aromatic heterocycles. The molecular formula is C25H22F4O2. The van der Waals surface area contributed by atoms with E-state index in [1.165, 1.54) is 37.4 Å². The number of hydrogen-bond acceptors (Lipinski definition) is 2. The van der Waals surface area contributed by atoms with Crippen molar-refractivity contribution in [3.8, 4) is 28.0 Å². The van der Waals surface area contributed by atoms with Crippen LogP contribution < -0.4 is 4.74 Å². The van der Waals surface area contributed by atoms with Gasteiger partial charge in [-0.3, -0.25) is 0 Å². The van der Waals surface area contributed by atoms with Gasteiger partial charge in [0.05, 0.1) is 13.2 Å². The molecule has 31 heavy (non-hydrogen) atoms. The van der Waals surface area contributed by atoms with Crippen molar-refractivity contribution >= 4 is 0 Å². The van der Waals surface area contributed by atoms with Crippen LogP contribution in [-0.4, -0.2) is 13.7 Å². The monoisotopic (exact) mass is 430 g/mol. The third-order valence-electron chi connectivity index (χ3n) is 5.74. The van der Waals surface area contributed by atoms with Gasteiger partial charge in [0.1, 0.15) is 0 Å². The summed E-state index contributed by atoms with van der Waals surface area (Å²) < 4.78 is 68.4. The molecule has 1 fully saturated rings. The van der Waals surface area contributed by atoms with Crippen LogP contribution in [0.25, 0.3) is 22.3 Å². The van der Waals surface area contributed by atoms with E-state index >= 15 is 0 Å². The van der Waals surface area contributed by atoms with Crippen LogP contribution in [0.15, 0.2) is 48.5 Å². The standard InChI is InChI=1S/C25H22F4O2/c1-14-3-11-20(31-13-14)19-9-8-17(22(26)24(19)28)15-4-6-16(7-5-15)18-10-12-21(30-2)25(29)23(18)27/h4-10,12,14,20H,3,11,13H2,1-2H3. The number of methoxy groups -OCH3 is 1. The lowest BCUT2D eigenvalue weighted by atomic mass is 9.93. The fourth-order valence-corrected chi connectivity index (χ4v) is 3.91. The highest BCUT2D eigenvalue weighted by molar-refractivity contribution is 5.71. The van der Waals surface area contributed by atoms with Crippen molar-refractivity contribution in [3.05, 3.63) is 77.4 Å². The first-order chi connectivity index (χ1) is 14.9. The van der Waals surface area contributed by atoms with Gasteiger partial charge in [-0.15, -0.1) is 0 Å². The molecule has 1 aliphatic heterocycles. The van der Waals surface area contributed by atoms with Gasteiger partial charge in [-0.05, 0) is 42.0 Å². The minimum Gasteiger partial charge on any atom is -0.494 e. The Hall–Kier alpha value is -2.86. The molecule has 1 heterocycles. The molecule has 2 unspecified atom stereocenters. The van der Waals surface area contributed by atoms with Crippen molar-refractivity contribution in [2.75, 3.05) is 13.7 Å². The molecule has 0 aliphatic carbocycles. The molecule has 0 N–H and O–H groups in total. The van der Waals surface area contributed by atoms with Gasteiger partial charge >= 0.3 is 0 Å². The largest absolute Gasteiger partial charge is 0.494 e. The molecule has 3 aromatic rings. The number of benzene rings is 3. The van der Waals surface area contributed by atoms with E-state index in [0.717, 1.165) is 6.42 Å². The summed E-state index contributed by atoms with van der Waals surface area (Å²) in [6, 6.07) is 12.0. The Morgan fingerprint density at radius 1 is 0.742 bits per heavy atom. The van der Waals surface area contributed by atoms with E-state index in [2.05, 4.69) is 6.92 Å². The zero-order chi connectivity index (χ0) is 22.1. The van der Waals surface area contributed by atoms with Crippen molar-refractivity contribution in [3.63, 3.8) is 0 Å². The van der Waals surface area contributed by atoms with Gasteiger partial charge < -0.3 is 9.47 Å². The molecule has 3 aromatic carbocycles. The SMILES string of the molecule is COc1ccc(-c2ccc(-c3ccc(C4CCC(C)CO4)c(F)c3F)cc2)c(F)c1F. The van der Waals surface area contributed by atoms with Crippen LogP contribution in [0.3, 0.4) is 0 Å². The van der Waals surface area contributed by atoms with E-state index in [1.54, 1.807) is 18.2 Å². The highest BCUT2D eigenvalue weighted by Crippen LogP contribution is 2.36. The predicted octanol–water partition coefficient (Wildman–Crippen LogP) is 7.07. The zero-order valence-corrected chi connectivity index (χ0v) is 17.2. The molecule has 2 nitrogen and oxygen atoms in total. The highest BCUT2D eigenvalue weighted by atomic mass is 19.2. The summed E-state index contributed by atoms with van der Waals surface area (Å²) in [5.41, 5.74) is 1.21. The second-order valence-electron chi connectivity index (χ2n) is 7.86. The molecule has 6 heteroatoms. The normalized spacial score (nSPS) is 18.8.